The lowest BCUT2D eigenvalue weighted by Crippen LogP contribution is -2.06. The molecule has 84 valence electrons. The van der Waals surface area contributed by atoms with Gasteiger partial charge in [-0.1, -0.05) is 15.9 Å². The molecule has 0 bridgehead atoms. The highest BCUT2D eigenvalue weighted by Crippen LogP contribution is 2.32. The van der Waals surface area contributed by atoms with E-state index in [1.54, 1.807) is 6.07 Å². The molecule has 1 aromatic rings. The molecule has 0 fully saturated rings. The molecule has 0 unspecified atom stereocenters. The summed E-state index contributed by atoms with van der Waals surface area (Å²) in [7, 11) is 0. The van der Waals surface area contributed by atoms with Gasteiger partial charge in [0, 0.05) is 4.47 Å². The Balaban J connectivity index is 2.95. The van der Waals surface area contributed by atoms with Gasteiger partial charge in [-0.25, -0.2) is 0 Å². The summed E-state index contributed by atoms with van der Waals surface area (Å²) >= 11 is 3.07. The Morgan fingerprint density at radius 2 is 1.87 bits per heavy atom. The second kappa shape index (κ2) is 4.99. The second-order valence-electron chi connectivity index (χ2n) is 3.24. The van der Waals surface area contributed by atoms with Gasteiger partial charge in [0.25, 0.3) is 0 Å². The highest BCUT2D eigenvalue weighted by molar-refractivity contribution is 9.10. The van der Waals surface area contributed by atoms with Crippen LogP contribution in [0, 0.1) is 0 Å². The van der Waals surface area contributed by atoms with Crippen LogP contribution in [-0.2, 0) is 12.6 Å². The van der Waals surface area contributed by atoms with E-state index in [1.807, 2.05) is 0 Å². The van der Waals surface area contributed by atoms with Gasteiger partial charge in [-0.2, -0.15) is 13.2 Å². The first kappa shape index (κ1) is 12.5. The van der Waals surface area contributed by atoms with Crippen LogP contribution < -0.4 is 5.73 Å². The van der Waals surface area contributed by atoms with Gasteiger partial charge in [0.15, 0.2) is 0 Å². The standard InChI is InChI=1S/C10H11BrF3N/c11-9-5-7(2-1-3-15)4-8(6-9)10(12,13)14/h4-6H,1-3,15H2. The zero-order valence-corrected chi connectivity index (χ0v) is 9.53. The third-order valence-electron chi connectivity index (χ3n) is 1.95. The quantitative estimate of drug-likeness (QED) is 0.903. The SMILES string of the molecule is NCCCc1cc(Br)cc(C(F)(F)F)c1. The van der Waals surface area contributed by atoms with Crippen LogP contribution in [0.4, 0.5) is 13.2 Å². The third kappa shape index (κ3) is 3.83. The van der Waals surface area contributed by atoms with Gasteiger partial charge < -0.3 is 5.73 Å². The number of benzene rings is 1. The normalized spacial score (nSPS) is 11.8. The van der Waals surface area contributed by atoms with E-state index in [0.29, 0.717) is 29.4 Å². The fraction of sp³-hybridized carbons (Fsp3) is 0.400. The van der Waals surface area contributed by atoms with Crippen molar-refractivity contribution in [3.8, 4) is 0 Å². The number of hydrogen-bond acceptors (Lipinski definition) is 1. The minimum atomic E-state index is -4.29. The highest BCUT2D eigenvalue weighted by Gasteiger charge is 2.30. The maximum Gasteiger partial charge on any atom is 0.416 e. The Labute approximate surface area is 94.6 Å². The van der Waals surface area contributed by atoms with E-state index in [0.717, 1.165) is 6.07 Å². The van der Waals surface area contributed by atoms with Gasteiger partial charge in [-0.05, 0) is 43.1 Å². The molecule has 1 aromatic carbocycles. The van der Waals surface area contributed by atoms with Crippen molar-refractivity contribution >= 4 is 15.9 Å². The first-order valence-corrected chi connectivity index (χ1v) is 5.29. The smallest absolute Gasteiger partial charge is 0.330 e. The van der Waals surface area contributed by atoms with Gasteiger partial charge >= 0.3 is 6.18 Å². The van der Waals surface area contributed by atoms with Crippen molar-refractivity contribution in [3.05, 3.63) is 33.8 Å². The van der Waals surface area contributed by atoms with Gasteiger partial charge in [0.1, 0.15) is 0 Å². The molecular formula is C10H11BrF3N. The Bertz CT molecular complexity index is 336. The van der Waals surface area contributed by atoms with Crippen LogP contribution in [0.15, 0.2) is 22.7 Å². The molecule has 0 aliphatic heterocycles. The zero-order valence-electron chi connectivity index (χ0n) is 7.94. The number of hydrogen-bond donors (Lipinski definition) is 1. The Morgan fingerprint density at radius 3 is 2.40 bits per heavy atom. The molecule has 0 heterocycles. The zero-order chi connectivity index (χ0) is 11.5. The molecule has 15 heavy (non-hydrogen) atoms. The predicted molar refractivity (Wildman–Crippen MR) is 56.5 cm³/mol. The van der Waals surface area contributed by atoms with Crippen molar-refractivity contribution in [2.24, 2.45) is 5.73 Å². The molecule has 0 aromatic heterocycles. The first-order chi connectivity index (χ1) is 6.93. The molecular weight excluding hydrogens is 271 g/mol. The summed E-state index contributed by atoms with van der Waals surface area (Å²) in [5, 5.41) is 0. The molecule has 0 radical (unpaired) electrons. The summed E-state index contributed by atoms with van der Waals surface area (Å²) in [4.78, 5) is 0. The summed E-state index contributed by atoms with van der Waals surface area (Å²) in [6, 6.07) is 3.93. The van der Waals surface area contributed by atoms with Crippen LogP contribution in [0.5, 0.6) is 0 Å². The van der Waals surface area contributed by atoms with Crippen molar-refractivity contribution in [2.45, 2.75) is 19.0 Å². The summed E-state index contributed by atoms with van der Waals surface area (Å²) < 4.78 is 37.7. The lowest BCUT2D eigenvalue weighted by molar-refractivity contribution is -0.137. The average molecular weight is 282 g/mol. The first-order valence-electron chi connectivity index (χ1n) is 4.50. The van der Waals surface area contributed by atoms with E-state index in [2.05, 4.69) is 15.9 Å². The van der Waals surface area contributed by atoms with Gasteiger partial charge in [0.05, 0.1) is 5.56 Å². The van der Waals surface area contributed by atoms with E-state index in [1.165, 1.54) is 6.07 Å². The maximum atomic E-state index is 12.4. The van der Waals surface area contributed by atoms with Gasteiger partial charge in [-0.3, -0.25) is 0 Å². The van der Waals surface area contributed by atoms with Crippen molar-refractivity contribution in [1.82, 2.24) is 0 Å². The number of nitrogens with two attached hydrogens (primary N) is 1. The Kier molecular flexibility index (Phi) is 4.16. The fourth-order valence-corrected chi connectivity index (χ4v) is 1.81. The number of rotatable bonds is 3. The number of alkyl halides is 3. The van der Waals surface area contributed by atoms with Crippen molar-refractivity contribution in [2.75, 3.05) is 6.54 Å². The van der Waals surface area contributed by atoms with Crippen LogP contribution in [0.3, 0.4) is 0 Å². The summed E-state index contributed by atoms with van der Waals surface area (Å²) in [5.41, 5.74) is 5.34. The van der Waals surface area contributed by atoms with E-state index in [-0.39, 0.29) is 0 Å². The predicted octanol–water partition coefficient (Wildman–Crippen LogP) is 3.36. The average Bonchev–Trinajstić information content (AvgIpc) is 2.12. The molecule has 0 spiro atoms. The Hall–Kier alpha value is -0.550. The third-order valence-corrected chi connectivity index (χ3v) is 2.41. The monoisotopic (exact) mass is 281 g/mol. The summed E-state index contributed by atoms with van der Waals surface area (Å²) in [6.45, 7) is 0.480. The van der Waals surface area contributed by atoms with Crippen LogP contribution in [-0.4, -0.2) is 6.54 Å². The lowest BCUT2D eigenvalue weighted by atomic mass is 10.1. The fourth-order valence-electron chi connectivity index (χ4n) is 1.26. The van der Waals surface area contributed by atoms with Gasteiger partial charge in [0.2, 0.25) is 0 Å². The summed E-state index contributed by atoms with van der Waals surface area (Å²) in [6.07, 6.45) is -3.03. The number of halogens is 4. The second-order valence-corrected chi connectivity index (χ2v) is 4.15. The van der Waals surface area contributed by atoms with E-state index in [9.17, 15) is 13.2 Å². The highest BCUT2D eigenvalue weighted by atomic mass is 79.9. The maximum absolute atomic E-state index is 12.4. The topological polar surface area (TPSA) is 26.0 Å². The largest absolute Gasteiger partial charge is 0.416 e. The molecule has 1 nitrogen and oxygen atoms in total. The Morgan fingerprint density at radius 1 is 1.20 bits per heavy atom. The van der Waals surface area contributed by atoms with Crippen molar-refractivity contribution in [1.29, 1.82) is 0 Å². The minimum absolute atomic E-state index is 0.448. The molecule has 1 rings (SSSR count). The summed E-state index contributed by atoms with van der Waals surface area (Å²) in [5.74, 6) is 0. The van der Waals surface area contributed by atoms with E-state index >= 15 is 0 Å². The van der Waals surface area contributed by atoms with Crippen molar-refractivity contribution < 1.29 is 13.2 Å². The lowest BCUT2D eigenvalue weighted by Gasteiger charge is -2.09. The minimum Gasteiger partial charge on any atom is -0.330 e. The van der Waals surface area contributed by atoms with E-state index in [4.69, 9.17) is 5.73 Å². The van der Waals surface area contributed by atoms with Crippen LogP contribution in [0.25, 0.3) is 0 Å². The van der Waals surface area contributed by atoms with Crippen LogP contribution >= 0.6 is 15.9 Å². The number of aryl methyl sites for hydroxylation is 1. The molecule has 0 saturated carbocycles. The van der Waals surface area contributed by atoms with E-state index < -0.39 is 11.7 Å². The molecule has 5 heteroatoms. The molecule has 0 aliphatic rings. The van der Waals surface area contributed by atoms with Crippen LogP contribution in [0.1, 0.15) is 17.5 Å². The molecule has 0 atom stereocenters. The molecule has 0 saturated heterocycles. The molecule has 0 amide bonds. The van der Waals surface area contributed by atoms with Gasteiger partial charge in [-0.15, -0.1) is 0 Å². The molecule has 0 aliphatic carbocycles. The van der Waals surface area contributed by atoms with Crippen molar-refractivity contribution in [3.63, 3.8) is 0 Å². The molecule has 2 N–H and O–H groups in total. The van der Waals surface area contributed by atoms with Crippen LogP contribution in [0.2, 0.25) is 0 Å².